The highest BCUT2D eigenvalue weighted by atomic mass is 16.5. The van der Waals surface area contributed by atoms with Crippen LogP contribution in [0.25, 0.3) is 0 Å². The summed E-state index contributed by atoms with van der Waals surface area (Å²) in [4.78, 5) is 23.0. The molecule has 16 heavy (non-hydrogen) atoms. The standard InChI is InChI=1S/C11H20N2O3/c1-7(2)10(11(15)16-3)13-9(14)4-8-5-12-6-8/h7-8,10,12H,4-6H2,1-3H3,(H,13,14)/t10-/m0/s1. The summed E-state index contributed by atoms with van der Waals surface area (Å²) in [5.74, 6) is -0.00735. The third kappa shape index (κ3) is 3.48. The van der Waals surface area contributed by atoms with Crippen LogP contribution in [-0.4, -0.2) is 38.1 Å². The number of hydrogen-bond donors (Lipinski definition) is 2. The zero-order valence-corrected chi connectivity index (χ0v) is 10.1. The van der Waals surface area contributed by atoms with Crippen molar-refractivity contribution in [3.05, 3.63) is 0 Å². The Kier molecular flexibility index (Phi) is 4.73. The zero-order chi connectivity index (χ0) is 12.1. The van der Waals surface area contributed by atoms with Crippen LogP contribution in [0.4, 0.5) is 0 Å². The summed E-state index contributed by atoms with van der Waals surface area (Å²) >= 11 is 0. The Labute approximate surface area is 95.9 Å². The molecule has 0 spiro atoms. The normalized spacial score (nSPS) is 17.8. The molecule has 1 saturated heterocycles. The van der Waals surface area contributed by atoms with Gasteiger partial charge in [-0.3, -0.25) is 4.79 Å². The van der Waals surface area contributed by atoms with Gasteiger partial charge in [0.05, 0.1) is 7.11 Å². The van der Waals surface area contributed by atoms with E-state index in [9.17, 15) is 9.59 Å². The van der Waals surface area contributed by atoms with Gasteiger partial charge in [0.25, 0.3) is 0 Å². The smallest absolute Gasteiger partial charge is 0.328 e. The fraction of sp³-hybridized carbons (Fsp3) is 0.818. The van der Waals surface area contributed by atoms with E-state index in [-0.39, 0.29) is 17.8 Å². The first-order chi connectivity index (χ1) is 7.54. The van der Waals surface area contributed by atoms with Crippen LogP contribution >= 0.6 is 0 Å². The largest absolute Gasteiger partial charge is 0.467 e. The summed E-state index contributed by atoms with van der Waals surface area (Å²) in [6.07, 6.45) is 0.479. The first-order valence-corrected chi connectivity index (χ1v) is 5.62. The number of methoxy groups -OCH3 is 1. The highest BCUT2D eigenvalue weighted by Crippen LogP contribution is 2.09. The minimum absolute atomic E-state index is 0.0379. The van der Waals surface area contributed by atoms with Gasteiger partial charge in [-0.05, 0) is 24.9 Å². The average molecular weight is 228 g/mol. The maximum absolute atomic E-state index is 11.6. The first kappa shape index (κ1) is 13.0. The molecule has 1 aliphatic rings. The number of hydrogen-bond acceptors (Lipinski definition) is 4. The average Bonchev–Trinajstić information content (AvgIpc) is 2.18. The van der Waals surface area contributed by atoms with Crippen molar-refractivity contribution in [1.82, 2.24) is 10.6 Å². The Hall–Kier alpha value is -1.10. The zero-order valence-electron chi connectivity index (χ0n) is 10.1. The van der Waals surface area contributed by atoms with Gasteiger partial charge in [0.2, 0.25) is 5.91 Å². The number of amides is 1. The minimum Gasteiger partial charge on any atom is -0.467 e. The lowest BCUT2D eigenvalue weighted by Crippen LogP contribution is -2.49. The van der Waals surface area contributed by atoms with E-state index >= 15 is 0 Å². The van der Waals surface area contributed by atoms with Gasteiger partial charge < -0.3 is 15.4 Å². The van der Waals surface area contributed by atoms with Gasteiger partial charge in [-0.2, -0.15) is 0 Å². The minimum atomic E-state index is -0.537. The van der Waals surface area contributed by atoms with Gasteiger partial charge in [0.15, 0.2) is 0 Å². The lowest BCUT2D eigenvalue weighted by molar-refractivity contribution is -0.146. The molecule has 92 valence electrons. The molecule has 0 saturated carbocycles. The fourth-order valence-electron chi connectivity index (χ4n) is 1.61. The molecule has 0 aromatic heterocycles. The molecule has 0 unspecified atom stereocenters. The van der Waals surface area contributed by atoms with Crippen molar-refractivity contribution < 1.29 is 14.3 Å². The van der Waals surface area contributed by atoms with Crippen LogP contribution < -0.4 is 10.6 Å². The summed E-state index contributed by atoms with van der Waals surface area (Å²) < 4.78 is 4.65. The van der Waals surface area contributed by atoms with Gasteiger partial charge in [-0.25, -0.2) is 4.79 Å². The molecule has 0 aromatic rings. The van der Waals surface area contributed by atoms with Crippen molar-refractivity contribution in [1.29, 1.82) is 0 Å². The quantitative estimate of drug-likeness (QED) is 0.645. The van der Waals surface area contributed by atoms with E-state index in [0.717, 1.165) is 13.1 Å². The first-order valence-electron chi connectivity index (χ1n) is 5.62. The predicted octanol–water partition coefficient (Wildman–Crippen LogP) is -0.0903. The highest BCUT2D eigenvalue weighted by molar-refractivity contribution is 5.84. The van der Waals surface area contributed by atoms with Crippen molar-refractivity contribution in [2.45, 2.75) is 26.3 Å². The maximum Gasteiger partial charge on any atom is 0.328 e. The van der Waals surface area contributed by atoms with E-state index in [1.165, 1.54) is 7.11 Å². The van der Waals surface area contributed by atoms with Crippen LogP contribution in [0.3, 0.4) is 0 Å². The number of carbonyl (C=O) groups excluding carboxylic acids is 2. The molecular formula is C11H20N2O3. The molecule has 0 bridgehead atoms. The van der Waals surface area contributed by atoms with Crippen molar-refractivity contribution in [2.24, 2.45) is 11.8 Å². The third-order valence-corrected chi connectivity index (χ3v) is 2.78. The van der Waals surface area contributed by atoms with Gasteiger partial charge in [-0.15, -0.1) is 0 Å². The molecule has 0 aliphatic carbocycles. The Morgan fingerprint density at radius 1 is 1.44 bits per heavy atom. The van der Waals surface area contributed by atoms with Crippen LogP contribution in [0.15, 0.2) is 0 Å². The molecule has 0 aromatic carbocycles. The molecule has 1 rings (SSSR count). The number of esters is 1. The maximum atomic E-state index is 11.6. The molecule has 1 heterocycles. The second-order valence-corrected chi connectivity index (χ2v) is 4.54. The molecule has 5 nitrogen and oxygen atoms in total. The number of rotatable bonds is 5. The SMILES string of the molecule is COC(=O)[C@@H](NC(=O)CC1CNC1)C(C)C. The van der Waals surface area contributed by atoms with Crippen LogP contribution in [0.5, 0.6) is 0 Å². The van der Waals surface area contributed by atoms with Crippen LogP contribution in [0.2, 0.25) is 0 Å². The van der Waals surface area contributed by atoms with E-state index in [2.05, 4.69) is 15.4 Å². The lowest BCUT2D eigenvalue weighted by Gasteiger charge is -2.27. The van der Waals surface area contributed by atoms with Gasteiger partial charge in [-0.1, -0.05) is 13.8 Å². The molecule has 2 N–H and O–H groups in total. The van der Waals surface area contributed by atoms with Gasteiger partial charge >= 0.3 is 5.97 Å². The lowest BCUT2D eigenvalue weighted by atomic mass is 9.98. The molecule has 1 aliphatic heterocycles. The Morgan fingerprint density at radius 2 is 2.06 bits per heavy atom. The Morgan fingerprint density at radius 3 is 2.44 bits per heavy atom. The van der Waals surface area contributed by atoms with E-state index in [0.29, 0.717) is 12.3 Å². The number of nitrogens with one attached hydrogen (secondary N) is 2. The molecular weight excluding hydrogens is 208 g/mol. The van der Waals surface area contributed by atoms with E-state index < -0.39 is 6.04 Å². The Balaban J connectivity index is 2.40. The van der Waals surface area contributed by atoms with Gasteiger partial charge in [0.1, 0.15) is 6.04 Å². The second kappa shape index (κ2) is 5.84. The van der Waals surface area contributed by atoms with Gasteiger partial charge in [0, 0.05) is 6.42 Å². The van der Waals surface area contributed by atoms with Crippen molar-refractivity contribution in [3.8, 4) is 0 Å². The van der Waals surface area contributed by atoms with E-state index in [1.807, 2.05) is 13.8 Å². The Bertz CT molecular complexity index is 262. The van der Waals surface area contributed by atoms with Crippen LogP contribution in [0.1, 0.15) is 20.3 Å². The third-order valence-electron chi connectivity index (χ3n) is 2.78. The summed E-state index contributed by atoms with van der Waals surface area (Å²) in [5.41, 5.74) is 0. The molecule has 0 radical (unpaired) electrons. The summed E-state index contributed by atoms with van der Waals surface area (Å²) in [7, 11) is 1.33. The second-order valence-electron chi connectivity index (χ2n) is 4.54. The molecule has 1 amide bonds. The number of ether oxygens (including phenoxy) is 1. The molecule has 5 heteroatoms. The van der Waals surface area contributed by atoms with Crippen molar-refractivity contribution in [2.75, 3.05) is 20.2 Å². The summed E-state index contributed by atoms with van der Waals surface area (Å²) in [6, 6.07) is -0.537. The van der Waals surface area contributed by atoms with Crippen LogP contribution in [0, 0.1) is 11.8 Å². The van der Waals surface area contributed by atoms with Crippen molar-refractivity contribution >= 4 is 11.9 Å². The summed E-state index contributed by atoms with van der Waals surface area (Å²) in [5, 5.41) is 5.83. The number of carbonyl (C=O) groups is 2. The molecule has 1 atom stereocenters. The fourth-order valence-corrected chi connectivity index (χ4v) is 1.61. The predicted molar refractivity (Wildman–Crippen MR) is 59.8 cm³/mol. The van der Waals surface area contributed by atoms with Crippen LogP contribution in [-0.2, 0) is 14.3 Å². The summed E-state index contributed by atoms with van der Waals surface area (Å²) in [6.45, 7) is 5.54. The van der Waals surface area contributed by atoms with E-state index in [4.69, 9.17) is 0 Å². The molecule has 1 fully saturated rings. The van der Waals surface area contributed by atoms with E-state index in [1.54, 1.807) is 0 Å². The van der Waals surface area contributed by atoms with Crippen molar-refractivity contribution in [3.63, 3.8) is 0 Å². The monoisotopic (exact) mass is 228 g/mol. The topological polar surface area (TPSA) is 67.4 Å². The highest BCUT2D eigenvalue weighted by Gasteiger charge is 2.27.